The molecule has 0 saturated carbocycles. The van der Waals surface area contributed by atoms with E-state index in [1.54, 1.807) is 7.11 Å². The van der Waals surface area contributed by atoms with Crippen molar-refractivity contribution in [2.24, 2.45) is 0 Å². The first-order chi connectivity index (χ1) is 8.76. The van der Waals surface area contributed by atoms with Crippen LogP contribution in [0.2, 0.25) is 0 Å². The third-order valence-electron chi connectivity index (χ3n) is 3.18. The molecule has 0 atom stereocenters. The van der Waals surface area contributed by atoms with Crippen LogP contribution in [0.15, 0.2) is 18.2 Å². The quantitative estimate of drug-likeness (QED) is 0.766. The summed E-state index contributed by atoms with van der Waals surface area (Å²) in [5.41, 5.74) is 1.75. The first-order valence-electron chi connectivity index (χ1n) is 6.30. The molecule has 1 aliphatic rings. The van der Waals surface area contributed by atoms with Crippen molar-refractivity contribution >= 4 is 11.5 Å². The Hall–Kier alpha value is -1.55. The van der Waals surface area contributed by atoms with Gasteiger partial charge in [-0.1, -0.05) is 6.92 Å². The van der Waals surface area contributed by atoms with Gasteiger partial charge in [0.25, 0.3) is 0 Å². The van der Waals surface area contributed by atoms with Gasteiger partial charge < -0.3 is 14.4 Å². The zero-order valence-electron chi connectivity index (χ0n) is 10.9. The molecule has 1 saturated heterocycles. The number of morpholine rings is 1. The lowest BCUT2D eigenvalue weighted by molar-refractivity contribution is 0.0985. The first-order valence-corrected chi connectivity index (χ1v) is 6.30. The number of carbonyl (C=O) groups is 1. The minimum Gasteiger partial charge on any atom is -0.496 e. The van der Waals surface area contributed by atoms with E-state index in [0.29, 0.717) is 17.7 Å². The van der Waals surface area contributed by atoms with Crippen LogP contribution in [0.3, 0.4) is 0 Å². The van der Waals surface area contributed by atoms with E-state index in [4.69, 9.17) is 9.47 Å². The third-order valence-corrected chi connectivity index (χ3v) is 3.18. The summed E-state index contributed by atoms with van der Waals surface area (Å²) in [5.74, 6) is 0.770. The SMILES string of the molecule is CCC(=O)c1ccc(N2CCOCC2)cc1OC. The largest absolute Gasteiger partial charge is 0.496 e. The molecule has 98 valence electrons. The lowest BCUT2D eigenvalue weighted by Gasteiger charge is -2.29. The van der Waals surface area contributed by atoms with Crippen LogP contribution in [0, 0.1) is 0 Å². The van der Waals surface area contributed by atoms with Crippen LogP contribution in [0.4, 0.5) is 5.69 Å². The Kier molecular flexibility index (Phi) is 4.20. The number of hydrogen-bond acceptors (Lipinski definition) is 4. The average Bonchev–Trinajstić information content (AvgIpc) is 2.46. The highest BCUT2D eigenvalue weighted by atomic mass is 16.5. The highest BCUT2D eigenvalue weighted by Gasteiger charge is 2.15. The lowest BCUT2D eigenvalue weighted by Crippen LogP contribution is -2.36. The molecular formula is C14H19NO3. The Bertz CT molecular complexity index is 425. The summed E-state index contributed by atoms with van der Waals surface area (Å²) < 4.78 is 10.7. The molecule has 0 N–H and O–H groups in total. The summed E-state index contributed by atoms with van der Waals surface area (Å²) in [5, 5.41) is 0. The number of anilines is 1. The van der Waals surface area contributed by atoms with Crippen LogP contribution in [-0.4, -0.2) is 39.2 Å². The normalized spacial score (nSPS) is 15.6. The second-order valence-corrected chi connectivity index (χ2v) is 4.26. The summed E-state index contributed by atoms with van der Waals surface area (Å²) >= 11 is 0. The standard InChI is InChI=1S/C14H19NO3/c1-3-13(16)12-5-4-11(10-14(12)17-2)15-6-8-18-9-7-15/h4-5,10H,3,6-9H2,1-2H3. The third kappa shape index (κ3) is 2.64. The molecule has 2 rings (SSSR count). The van der Waals surface area contributed by atoms with Gasteiger partial charge >= 0.3 is 0 Å². The minimum absolute atomic E-state index is 0.111. The molecule has 18 heavy (non-hydrogen) atoms. The number of carbonyl (C=O) groups excluding carboxylic acids is 1. The number of benzene rings is 1. The first kappa shape index (κ1) is 12.9. The van der Waals surface area contributed by atoms with Crippen molar-refractivity contribution in [2.45, 2.75) is 13.3 Å². The van der Waals surface area contributed by atoms with Crippen molar-refractivity contribution in [3.05, 3.63) is 23.8 Å². The van der Waals surface area contributed by atoms with Crippen LogP contribution in [0.1, 0.15) is 23.7 Å². The van der Waals surface area contributed by atoms with Gasteiger partial charge in [-0.3, -0.25) is 4.79 Å². The van der Waals surface area contributed by atoms with Crippen LogP contribution in [0.5, 0.6) is 5.75 Å². The smallest absolute Gasteiger partial charge is 0.166 e. The van der Waals surface area contributed by atoms with Crippen molar-refractivity contribution in [3.8, 4) is 5.75 Å². The van der Waals surface area contributed by atoms with Crippen LogP contribution >= 0.6 is 0 Å². The van der Waals surface area contributed by atoms with E-state index in [1.165, 1.54) is 0 Å². The van der Waals surface area contributed by atoms with Gasteiger partial charge in [0.2, 0.25) is 0 Å². The number of methoxy groups -OCH3 is 1. The number of ether oxygens (including phenoxy) is 2. The maximum absolute atomic E-state index is 11.8. The molecule has 0 bridgehead atoms. The predicted molar refractivity (Wildman–Crippen MR) is 70.6 cm³/mol. The number of ketones is 1. The van der Waals surface area contributed by atoms with Crippen LogP contribution < -0.4 is 9.64 Å². The van der Waals surface area contributed by atoms with Gasteiger partial charge in [0.1, 0.15) is 5.75 Å². The molecule has 4 nitrogen and oxygen atoms in total. The summed E-state index contributed by atoms with van der Waals surface area (Å²) in [6.45, 7) is 5.11. The van der Waals surface area contributed by atoms with Crippen molar-refractivity contribution in [1.29, 1.82) is 0 Å². The van der Waals surface area contributed by atoms with Gasteiger partial charge in [-0.2, -0.15) is 0 Å². The maximum atomic E-state index is 11.8. The van der Waals surface area contributed by atoms with Gasteiger partial charge in [0.15, 0.2) is 5.78 Å². The van der Waals surface area contributed by atoms with Gasteiger partial charge in [-0.25, -0.2) is 0 Å². The number of Topliss-reactive ketones (excluding diaryl/α,β-unsaturated/α-hetero) is 1. The second kappa shape index (κ2) is 5.87. The Morgan fingerprint density at radius 1 is 1.39 bits per heavy atom. The van der Waals surface area contributed by atoms with Gasteiger partial charge in [-0.05, 0) is 12.1 Å². The molecule has 4 heteroatoms. The Balaban J connectivity index is 2.26. The van der Waals surface area contributed by atoms with E-state index >= 15 is 0 Å². The minimum atomic E-state index is 0.111. The van der Waals surface area contributed by atoms with Crippen LogP contribution in [-0.2, 0) is 4.74 Å². The molecule has 0 spiro atoms. The fourth-order valence-electron chi connectivity index (χ4n) is 2.12. The molecule has 1 aromatic rings. The monoisotopic (exact) mass is 249 g/mol. The van der Waals surface area contributed by atoms with Crippen molar-refractivity contribution < 1.29 is 14.3 Å². The van der Waals surface area contributed by atoms with E-state index in [-0.39, 0.29) is 5.78 Å². The fourth-order valence-corrected chi connectivity index (χ4v) is 2.12. The number of rotatable bonds is 4. The molecule has 0 aromatic heterocycles. The van der Waals surface area contributed by atoms with Crippen molar-refractivity contribution in [1.82, 2.24) is 0 Å². The number of nitrogens with zero attached hydrogens (tertiary/aromatic N) is 1. The second-order valence-electron chi connectivity index (χ2n) is 4.26. The molecule has 0 amide bonds. The van der Waals surface area contributed by atoms with Gasteiger partial charge in [0.05, 0.1) is 25.9 Å². The van der Waals surface area contributed by atoms with Crippen molar-refractivity contribution in [2.75, 3.05) is 38.3 Å². The molecule has 0 unspecified atom stereocenters. The molecular weight excluding hydrogens is 230 g/mol. The zero-order valence-corrected chi connectivity index (χ0v) is 10.9. The summed E-state index contributed by atoms with van der Waals surface area (Å²) in [6.07, 6.45) is 0.493. The average molecular weight is 249 g/mol. The highest BCUT2D eigenvalue weighted by Crippen LogP contribution is 2.27. The van der Waals surface area contributed by atoms with Gasteiger partial charge in [0, 0.05) is 31.3 Å². The molecule has 1 heterocycles. The zero-order chi connectivity index (χ0) is 13.0. The summed E-state index contributed by atoms with van der Waals surface area (Å²) in [7, 11) is 1.60. The Labute approximate surface area is 107 Å². The van der Waals surface area contributed by atoms with E-state index in [0.717, 1.165) is 32.0 Å². The molecule has 0 aliphatic carbocycles. The van der Waals surface area contributed by atoms with Gasteiger partial charge in [-0.15, -0.1) is 0 Å². The van der Waals surface area contributed by atoms with E-state index in [1.807, 2.05) is 25.1 Å². The Morgan fingerprint density at radius 3 is 2.72 bits per heavy atom. The molecule has 1 fully saturated rings. The molecule has 1 aliphatic heterocycles. The molecule has 1 aromatic carbocycles. The maximum Gasteiger partial charge on any atom is 0.166 e. The molecule has 0 radical (unpaired) electrons. The van der Waals surface area contributed by atoms with Crippen LogP contribution in [0.25, 0.3) is 0 Å². The van der Waals surface area contributed by atoms with E-state index in [9.17, 15) is 4.79 Å². The topological polar surface area (TPSA) is 38.8 Å². The fraction of sp³-hybridized carbons (Fsp3) is 0.500. The van der Waals surface area contributed by atoms with E-state index in [2.05, 4.69) is 4.90 Å². The van der Waals surface area contributed by atoms with Crippen molar-refractivity contribution in [3.63, 3.8) is 0 Å². The van der Waals surface area contributed by atoms with E-state index < -0.39 is 0 Å². The lowest BCUT2D eigenvalue weighted by atomic mass is 10.1. The Morgan fingerprint density at radius 2 is 2.11 bits per heavy atom. The summed E-state index contributed by atoms with van der Waals surface area (Å²) in [4.78, 5) is 14.0. The highest BCUT2D eigenvalue weighted by molar-refractivity contribution is 5.99. The predicted octanol–water partition coefficient (Wildman–Crippen LogP) is 2.12. The summed E-state index contributed by atoms with van der Waals surface area (Å²) in [6, 6.07) is 5.78. The number of hydrogen-bond donors (Lipinski definition) is 0.